The summed E-state index contributed by atoms with van der Waals surface area (Å²) < 4.78 is 56.4. The first-order valence-corrected chi connectivity index (χ1v) is 6.77. The molecule has 1 unspecified atom stereocenters. The number of cyclic esters (lactones) is 2. The molecular formula is C10H11F3NO8P. The molecule has 0 saturated carbocycles. The maximum Gasteiger partial charge on any atom is 0.549 e. The van der Waals surface area contributed by atoms with Gasteiger partial charge in [-0.1, -0.05) is 6.08 Å². The molecule has 13 heteroatoms. The van der Waals surface area contributed by atoms with E-state index in [1.54, 1.807) is 6.08 Å². The molecule has 130 valence electrons. The lowest BCUT2D eigenvalue weighted by Crippen LogP contribution is -1.98. The van der Waals surface area contributed by atoms with Crippen molar-refractivity contribution in [3.05, 3.63) is 35.3 Å². The Balaban J connectivity index is 0. The number of alkyl halides is 1. The van der Waals surface area contributed by atoms with Gasteiger partial charge in [-0.3, -0.25) is 4.89 Å². The second-order valence-electron chi connectivity index (χ2n) is 2.91. The fourth-order valence-corrected chi connectivity index (χ4v) is 0.575. The van der Waals surface area contributed by atoms with Crippen molar-refractivity contribution in [2.24, 2.45) is 0 Å². The molecule has 1 aromatic heterocycles. The lowest BCUT2D eigenvalue weighted by atomic mass is 10.6. The molecule has 1 aliphatic heterocycles. The number of halogens is 3. The van der Waals surface area contributed by atoms with Crippen LogP contribution in [0.2, 0.25) is 0 Å². The Morgan fingerprint density at radius 1 is 1.39 bits per heavy atom. The van der Waals surface area contributed by atoms with Crippen molar-refractivity contribution in [2.75, 3.05) is 6.61 Å². The first-order valence-electron chi connectivity index (χ1n) is 5.32. The van der Waals surface area contributed by atoms with Gasteiger partial charge >= 0.3 is 20.0 Å². The first kappa shape index (κ1) is 22.8. The Labute approximate surface area is 127 Å². The number of rotatable bonds is 0. The van der Waals surface area contributed by atoms with Crippen LogP contribution in [0.25, 0.3) is 0 Å². The third kappa shape index (κ3) is 24.8. The molecule has 9 nitrogen and oxygen atoms in total. The van der Waals surface area contributed by atoms with E-state index in [1.807, 2.05) is 13.0 Å². The number of nitriles is 1. The Bertz CT molecular complexity index is 577. The smallest absolute Gasteiger partial charge is 0.427 e. The maximum atomic E-state index is 11.6. The van der Waals surface area contributed by atoms with Gasteiger partial charge in [0.15, 0.2) is 6.61 Å². The van der Waals surface area contributed by atoms with Crippen molar-refractivity contribution < 1.29 is 45.3 Å². The molecule has 0 bridgehead atoms. The maximum absolute atomic E-state index is 11.6. The van der Waals surface area contributed by atoms with Crippen molar-refractivity contribution in [3.8, 4) is 6.07 Å². The van der Waals surface area contributed by atoms with Crippen molar-refractivity contribution in [1.82, 2.24) is 0 Å². The lowest BCUT2D eigenvalue weighted by Gasteiger charge is -1.85. The molecule has 1 aromatic rings. The van der Waals surface area contributed by atoms with Gasteiger partial charge in [0, 0.05) is 6.08 Å². The Morgan fingerprint density at radius 2 is 1.87 bits per heavy atom. The Hall–Kier alpha value is -2.51. The van der Waals surface area contributed by atoms with Gasteiger partial charge in [0.2, 0.25) is 0 Å². The van der Waals surface area contributed by atoms with Crippen LogP contribution in [-0.4, -0.2) is 24.0 Å². The number of hydrogen-bond acceptors (Lipinski definition) is 8. The molecule has 2 heterocycles. The summed E-state index contributed by atoms with van der Waals surface area (Å²) >= 11 is 0. The number of carbonyl (C=O) groups excluding carboxylic acids is 1. The monoisotopic (exact) mass is 361 g/mol. The SMILES string of the molecule is CC=CC#N.O=C1OCC(F)O1.O=P(O)(F)F.O=c1occo1. The molecule has 1 aliphatic rings. The normalized spacial score (nSPS) is 15.5. The van der Waals surface area contributed by atoms with Crippen molar-refractivity contribution >= 4 is 14.1 Å². The minimum absolute atomic E-state index is 0.265. The highest BCUT2D eigenvalue weighted by atomic mass is 31.2. The van der Waals surface area contributed by atoms with E-state index in [-0.39, 0.29) is 6.61 Å². The predicted molar refractivity (Wildman–Crippen MR) is 67.0 cm³/mol. The molecule has 1 fully saturated rings. The number of allylic oxidation sites excluding steroid dienone is 2. The highest BCUT2D eigenvalue weighted by Gasteiger charge is 2.23. The highest BCUT2D eigenvalue weighted by Crippen LogP contribution is 2.43. The molecule has 0 amide bonds. The van der Waals surface area contributed by atoms with Crippen LogP contribution in [0.1, 0.15) is 6.92 Å². The van der Waals surface area contributed by atoms with E-state index in [2.05, 4.69) is 18.3 Å². The van der Waals surface area contributed by atoms with Crippen LogP contribution in [0.5, 0.6) is 0 Å². The molecule has 1 saturated heterocycles. The third-order valence-corrected chi connectivity index (χ3v) is 1.18. The van der Waals surface area contributed by atoms with E-state index in [1.165, 1.54) is 18.6 Å². The molecule has 0 aromatic carbocycles. The lowest BCUT2D eigenvalue weighted by molar-refractivity contribution is 0.0572. The number of carbonyl (C=O) groups is 1. The largest absolute Gasteiger partial charge is 0.549 e. The molecule has 0 aliphatic carbocycles. The van der Waals surface area contributed by atoms with E-state index in [9.17, 15) is 22.4 Å². The van der Waals surface area contributed by atoms with Gasteiger partial charge in [0.1, 0.15) is 12.5 Å². The van der Waals surface area contributed by atoms with Crippen LogP contribution >= 0.6 is 7.99 Å². The standard InChI is InChI=1S/C4H5N.C3H3FO3.C3H2O3.F2HO2P/c1-2-3-4-5;4-2-1-6-3(5)7-2;4-3-5-1-2-6-3;1-5(2,3)4/h2-3H,1H3;2H,1H2;1-2H;(H,3,4). The van der Waals surface area contributed by atoms with Crippen LogP contribution in [0.3, 0.4) is 0 Å². The summed E-state index contributed by atoms with van der Waals surface area (Å²) in [4.78, 5) is 26.2. The molecular weight excluding hydrogens is 350 g/mol. The van der Waals surface area contributed by atoms with Crippen LogP contribution in [0.15, 0.2) is 38.3 Å². The molecule has 1 atom stereocenters. The van der Waals surface area contributed by atoms with Crippen LogP contribution in [0.4, 0.5) is 17.6 Å². The predicted octanol–water partition coefficient (Wildman–Crippen LogP) is 2.79. The highest BCUT2D eigenvalue weighted by molar-refractivity contribution is 7.46. The summed E-state index contributed by atoms with van der Waals surface area (Å²) in [6.07, 6.45) is 3.02. The Kier molecular flexibility index (Phi) is 13.0. The van der Waals surface area contributed by atoms with Crippen molar-refractivity contribution in [1.29, 1.82) is 5.26 Å². The second-order valence-corrected chi connectivity index (χ2v) is 3.78. The quantitative estimate of drug-likeness (QED) is 0.419. The number of ether oxygens (including phenoxy) is 2. The van der Waals surface area contributed by atoms with Gasteiger partial charge in [-0.25, -0.2) is 14.2 Å². The minimum Gasteiger partial charge on any atom is -0.427 e. The summed E-state index contributed by atoms with van der Waals surface area (Å²) in [6, 6.07) is 1.84. The molecule has 1 N–H and O–H groups in total. The van der Waals surface area contributed by atoms with Gasteiger partial charge in [-0.2, -0.15) is 9.65 Å². The van der Waals surface area contributed by atoms with Gasteiger partial charge in [-0.15, -0.1) is 8.39 Å². The van der Waals surface area contributed by atoms with E-state index in [0.717, 1.165) is 0 Å². The molecule has 23 heavy (non-hydrogen) atoms. The fraction of sp³-hybridized carbons (Fsp3) is 0.300. The summed E-state index contributed by atoms with van der Waals surface area (Å²) in [6.45, 7) is 1.54. The van der Waals surface area contributed by atoms with Gasteiger partial charge in [0.05, 0.1) is 6.07 Å². The van der Waals surface area contributed by atoms with E-state index in [0.29, 0.717) is 0 Å². The van der Waals surface area contributed by atoms with E-state index in [4.69, 9.17) is 14.7 Å². The van der Waals surface area contributed by atoms with E-state index < -0.39 is 26.3 Å². The summed E-state index contributed by atoms with van der Waals surface area (Å²) in [7, 11) is -5.64. The average Bonchev–Trinajstić information content (AvgIpc) is 3.01. The van der Waals surface area contributed by atoms with Crippen LogP contribution in [0, 0.1) is 11.3 Å². The second kappa shape index (κ2) is 13.2. The van der Waals surface area contributed by atoms with Crippen molar-refractivity contribution in [3.63, 3.8) is 0 Å². The summed E-state index contributed by atoms with van der Waals surface area (Å²) in [5, 5.41) is 7.73. The molecule has 0 radical (unpaired) electrons. The number of nitrogens with zero attached hydrogens (tertiary/aromatic N) is 1. The van der Waals surface area contributed by atoms with E-state index >= 15 is 0 Å². The topological polar surface area (TPSA) is 140 Å². The first-order chi connectivity index (χ1) is 10.6. The van der Waals surface area contributed by atoms with Crippen molar-refractivity contribution in [2.45, 2.75) is 13.3 Å². The third-order valence-electron chi connectivity index (χ3n) is 1.18. The van der Waals surface area contributed by atoms with Gasteiger partial charge < -0.3 is 18.3 Å². The van der Waals surface area contributed by atoms with Crippen LogP contribution in [-0.2, 0) is 14.0 Å². The average molecular weight is 361 g/mol. The van der Waals surface area contributed by atoms with Gasteiger partial charge in [-0.05, 0) is 6.92 Å². The zero-order valence-corrected chi connectivity index (χ0v) is 12.3. The molecule has 0 spiro atoms. The number of hydrogen-bond donors (Lipinski definition) is 1. The summed E-state index contributed by atoms with van der Waals surface area (Å²) in [5.41, 5.74) is 0. The molecule has 2 rings (SSSR count). The zero-order valence-electron chi connectivity index (χ0n) is 11.4. The van der Waals surface area contributed by atoms with Crippen LogP contribution < -0.4 is 5.82 Å². The Morgan fingerprint density at radius 3 is 1.96 bits per heavy atom. The summed E-state index contributed by atoms with van der Waals surface area (Å²) in [5.74, 6) is -0.657. The minimum atomic E-state index is -5.64. The fourth-order valence-electron chi connectivity index (χ4n) is 0.575. The zero-order chi connectivity index (χ0) is 18.3. The van der Waals surface area contributed by atoms with Gasteiger partial charge in [0.25, 0.3) is 6.36 Å².